The van der Waals surface area contributed by atoms with Crippen LogP contribution in [-0.2, 0) is 0 Å². The predicted octanol–water partition coefficient (Wildman–Crippen LogP) is 5.10. The topological polar surface area (TPSA) is 42.4 Å². The molecule has 3 aromatic rings. The molecule has 1 aliphatic heterocycles. The van der Waals surface area contributed by atoms with Crippen molar-refractivity contribution >= 4 is 16.7 Å². The molecule has 5 heteroatoms. The molecule has 1 saturated heterocycles. The molecule has 4 nitrogen and oxygen atoms in total. The molecule has 1 fully saturated rings. The SMILES string of the molecule is Cc1cccc2c(Oc3ccc(F)cc3)ncc(C(=O)N3CCCCC3)c12. The fourth-order valence-electron chi connectivity index (χ4n) is 3.59. The fourth-order valence-corrected chi connectivity index (χ4v) is 3.59. The van der Waals surface area contributed by atoms with E-state index in [0.29, 0.717) is 17.2 Å². The smallest absolute Gasteiger partial charge is 0.256 e. The minimum Gasteiger partial charge on any atom is -0.438 e. The maximum Gasteiger partial charge on any atom is 0.256 e. The molecular formula is C22H21FN2O2. The largest absolute Gasteiger partial charge is 0.438 e. The van der Waals surface area contributed by atoms with E-state index in [0.717, 1.165) is 42.3 Å². The van der Waals surface area contributed by atoms with E-state index in [9.17, 15) is 9.18 Å². The molecule has 1 aromatic heterocycles. The molecule has 0 radical (unpaired) electrons. The number of likely N-dealkylation sites (tertiary alicyclic amines) is 1. The van der Waals surface area contributed by atoms with Crippen molar-refractivity contribution in [1.29, 1.82) is 0 Å². The summed E-state index contributed by atoms with van der Waals surface area (Å²) < 4.78 is 19.0. The molecule has 0 spiro atoms. The number of fused-ring (bicyclic) bond motifs is 1. The van der Waals surface area contributed by atoms with Crippen molar-refractivity contribution in [3.8, 4) is 11.6 Å². The molecule has 1 aliphatic rings. The van der Waals surface area contributed by atoms with Gasteiger partial charge in [-0.15, -0.1) is 0 Å². The average Bonchev–Trinajstić information content (AvgIpc) is 2.70. The number of piperidine rings is 1. The molecule has 4 rings (SSSR count). The quantitative estimate of drug-likeness (QED) is 0.649. The number of halogens is 1. The maximum absolute atomic E-state index is 13.1. The van der Waals surface area contributed by atoms with Crippen molar-refractivity contribution in [1.82, 2.24) is 9.88 Å². The molecule has 2 aromatic carbocycles. The van der Waals surface area contributed by atoms with E-state index in [1.165, 1.54) is 18.6 Å². The number of hydrogen-bond acceptors (Lipinski definition) is 3. The monoisotopic (exact) mass is 364 g/mol. The van der Waals surface area contributed by atoms with Crippen molar-refractivity contribution in [3.05, 3.63) is 65.6 Å². The first-order chi connectivity index (χ1) is 13.1. The van der Waals surface area contributed by atoms with Gasteiger partial charge in [0.05, 0.1) is 5.56 Å². The lowest BCUT2D eigenvalue weighted by Gasteiger charge is -2.27. The second-order valence-corrected chi connectivity index (χ2v) is 6.88. The van der Waals surface area contributed by atoms with Crippen LogP contribution in [0, 0.1) is 12.7 Å². The Morgan fingerprint density at radius 1 is 1.07 bits per heavy atom. The van der Waals surface area contributed by atoms with Gasteiger partial charge in [-0.25, -0.2) is 9.37 Å². The minimum atomic E-state index is -0.321. The van der Waals surface area contributed by atoms with Crippen LogP contribution in [0.25, 0.3) is 10.8 Å². The van der Waals surface area contributed by atoms with Crippen LogP contribution in [0.3, 0.4) is 0 Å². The first kappa shape index (κ1) is 17.5. The first-order valence-electron chi connectivity index (χ1n) is 9.24. The van der Waals surface area contributed by atoms with Gasteiger partial charge in [0.25, 0.3) is 5.91 Å². The zero-order chi connectivity index (χ0) is 18.8. The zero-order valence-corrected chi connectivity index (χ0v) is 15.2. The highest BCUT2D eigenvalue weighted by Crippen LogP contribution is 2.32. The Hall–Kier alpha value is -2.95. The Labute approximate surface area is 157 Å². The third kappa shape index (κ3) is 3.50. The van der Waals surface area contributed by atoms with Crippen LogP contribution < -0.4 is 4.74 Å². The Bertz CT molecular complexity index is 980. The molecule has 0 atom stereocenters. The fraction of sp³-hybridized carbons (Fsp3) is 0.273. The second-order valence-electron chi connectivity index (χ2n) is 6.88. The van der Waals surface area contributed by atoms with Gasteiger partial charge in [0.2, 0.25) is 5.88 Å². The van der Waals surface area contributed by atoms with E-state index < -0.39 is 0 Å². The molecule has 27 heavy (non-hydrogen) atoms. The highest BCUT2D eigenvalue weighted by Gasteiger charge is 2.22. The summed E-state index contributed by atoms with van der Waals surface area (Å²) in [4.78, 5) is 19.4. The van der Waals surface area contributed by atoms with Gasteiger partial charge in [-0.3, -0.25) is 4.79 Å². The van der Waals surface area contributed by atoms with Gasteiger partial charge in [-0.2, -0.15) is 0 Å². The molecule has 0 N–H and O–H groups in total. The van der Waals surface area contributed by atoms with Crippen LogP contribution in [0.5, 0.6) is 11.6 Å². The molecule has 138 valence electrons. The van der Waals surface area contributed by atoms with Gasteiger partial charge in [0.15, 0.2) is 0 Å². The third-order valence-corrected chi connectivity index (χ3v) is 4.99. The number of benzene rings is 2. The molecule has 0 bridgehead atoms. The van der Waals surface area contributed by atoms with Gasteiger partial charge in [0.1, 0.15) is 11.6 Å². The van der Waals surface area contributed by atoms with E-state index in [-0.39, 0.29) is 11.7 Å². The average molecular weight is 364 g/mol. The van der Waals surface area contributed by atoms with E-state index >= 15 is 0 Å². The summed E-state index contributed by atoms with van der Waals surface area (Å²) in [6.45, 7) is 3.57. The lowest BCUT2D eigenvalue weighted by atomic mass is 10.0. The summed E-state index contributed by atoms with van der Waals surface area (Å²) in [7, 11) is 0. The summed E-state index contributed by atoms with van der Waals surface area (Å²) in [5.74, 6) is 0.616. The number of rotatable bonds is 3. The summed E-state index contributed by atoms with van der Waals surface area (Å²) in [5, 5.41) is 1.64. The molecule has 0 saturated carbocycles. The number of hydrogen-bond donors (Lipinski definition) is 0. The van der Waals surface area contributed by atoms with Gasteiger partial charge < -0.3 is 9.64 Å². The number of nitrogens with zero attached hydrogens (tertiary/aromatic N) is 2. The van der Waals surface area contributed by atoms with Crippen LogP contribution >= 0.6 is 0 Å². The summed E-state index contributed by atoms with van der Waals surface area (Å²) >= 11 is 0. The van der Waals surface area contributed by atoms with Gasteiger partial charge in [-0.1, -0.05) is 12.1 Å². The van der Waals surface area contributed by atoms with Gasteiger partial charge in [-0.05, 0) is 62.1 Å². The van der Waals surface area contributed by atoms with E-state index in [1.807, 2.05) is 30.0 Å². The highest BCUT2D eigenvalue weighted by atomic mass is 19.1. The van der Waals surface area contributed by atoms with Crippen molar-refractivity contribution in [2.24, 2.45) is 0 Å². The van der Waals surface area contributed by atoms with E-state index in [2.05, 4.69) is 4.98 Å². The van der Waals surface area contributed by atoms with Crippen molar-refractivity contribution in [2.45, 2.75) is 26.2 Å². The number of pyridine rings is 1. The first-order valence-corrected chi connectivity index (χ1v) is 9.24. The number of carbonyl (C=O) groups is 1. The van der Waals surface area contributed by atoms with Gasteiger partial charge in [0, 0.05) is 30.1 Å². The Kier molecular flexibility index (Phi) is 4.75. The Morgan fingerprint density at radius 2 is 1.81 bits per heavy atom. The van der Waals surface area contributed by atoms with E-state index in [4.69, 9.17) is 4.74 Å². The van der Waals surface area contributed by atoms with Crippen molar-refractivity contribution < 1.29 is 13.9 Å². The standard InChI is InChI=1S/C22H21FN2O2/c1-15-6-5-7-18-20(15)19(22(26)25-12-3-2-4-13-25)14-24-21(18)27-17-10-8-16(23)9-11-17/h5-11,14H,2-4,12-13H2,1H3. The summed E-state index contributed by atoms with van der Waals surface area (Å²) in [5.41, 5.74) is 1.61. The van der Waals surface area contributed by atoms with Crippen LogP contribution in [0.15, 0.2) is 48.7 Å². The lowest BCUT2D eigenvalue weighted by molar-refractivity contribution is 0.0726. The Morgan fingerprint density at radius 3 is 2.56 bits per heavy atom. The zero-order valence-electron chi connectivity index (χ0n) is 15.2. The number of ether oxygens (including phenoxy) is 1. The maximum atomic E-state index is 13.1. The Balaban J connectivity index is 1.76. The molecule has 0 unspecified atom stereocenters. The molecule has 1 amide bonds. The van der Waals surface area contributed by atoms with E-state index in [1.54, 1.807) is 18.3 Å². The van der Waals surface area contributed by atoms with Crippen LogP contribution in [0.2, 0.25) is 0 Å². The molecular weight excluding hydrogens is 343 g/mol. The second kappa shape index (κ2) is 7.35. The normalized spacial score (nSPS) is 14.4. The van der Waals surface area contributed by atoms with Crippen molar-refractivity contribution in [3.63, 3.8) is 0 Å². The minimum absolute atomic E-state index is 0.0230. The van der Waals surface area contributed by atoms with Crippen LogP contribution in [-0.4, -0.2) is 28.9 Å². The number of carbonyl (C=O) groups excluding carboxylic acids is 1. The molecule has 2 heterocycles. The van der Waals surface area contributed by atoms with Crippen molar-refractivity contribution in [2.75, 3.05) is 13.1 Å². The summed E-state index contributed by atoms with van der Waals surface area (Å²) in [6.07, 6.45) is 4.86. The summed E-state index contributed by atoms with van der Waals surface area (Å²) in [6, 6.07) is 11.6. The lowest BCUT2D eigenvalue weighted by Crippen LogP contribution is -2.35. The van der Waals surface area contributed by atoms with Crippen LogP contribution in [0.1, 0.15) is 35.2 Å². The van der Waals surface area contributed by atoms with Crippen LogP contribution in [0.4, 0.5) is 4.39 Å². The third-order valence-electron chi connectivity index (χ3n) is 4.99. The van der Waals surface area contributed by atoms with Gasteiger partial charge >= 0.3 is 0 Å². The number of amides is 1. The number of aryl methyl sites for hydroxylation is 1. The molecule has 0 aliphatic carbocycles. The highest BCUT2D eigenvalue weighted by molar-refractivity contribution is 6.09. The predicted molar refractivity (Wildman–Crippen MR) is 103 cm³/mol. The number of aromatic nitrogens is 1.